The van der Waals surface area contributed by atoms with Crippen molar-refractivity contribution in [1.29, 1.82) is 0 Å². The molecule has 1 aliphatic heterocycles. The quantitative estimate of drug-likeness (QED) is 0.719. The fourth-order valence-corrected chi connectivity index (χ4v) is 3.55. The molecule has 0 spiro atoms. The highest BCUT2D eigenvalue weighted by Gasteiger charge is 2.40. The molecule has 0 unspecified atom stereocenters. The van der Waals surface area contributed by atoms with Crippen LogP contribution in [-0.4, -0.2) is 36.2 Å². The van der Waals surface area contributed by atoms with Crippen molar-refractivity contribution in [1.82, 2.24) is 10.6 Å². The van der Waals surface area contributed by atoms with Crippen molar-refractivity contribution in [2.45, 2.75) is 31.3 Å². The van der Waals surface area contributed by atoms with Gasteiger partial charge < -0.3 is 15.7 Å². The zero-order valence-corrected chi connectivity index (χ0v) is 15.1. The molecular weight excluding hydrogens is 324 g/mol. The lowest BCUT2D eigenvalue weighted by Gasteiger charge is -2.46. The molecular formula is C22H26N2O2. The number of rotatable bonds is 7. The van der Waals surface area contributed by atoms with Crippen molar-refractivity contribution in [3.05, 3.63) is 77.4 Å². The third kappa shape index (κ3) is 4.40. The molecule has 0 aliphatic carbocycles. The predicted molar refractivity (Wildman–Crippen MR) is 105 cm³/mol. The van der Waals surface area contributed by atoms with Crippen molar-refractivity contribution >= 4 is 12.0 Å². The summed E-state index contributed by atoms with van der Waals surface area (Å²) in [6.45, 7) is 2.65. The fraction of sp³-hybridized carbons (Fsp3) is 0.318. The van der Waals surface area contributed by atoms with E-state index in [1.807, 2.05) is 43.3 Å². The Hall–Kier alpha value is -2.43. The van der Waals surface area contributed by atoms with E-state index in [4.69, 9.17) is 0 Å². The van der Waals surface area contributed by atoms with Crippen LogP contribution in [0.3, 0.4) is 0 Å². The number of aliphatic hydroxyl groups excluding tert-OH is 1. The molecule has 3 N–H and O–H groups in total. The van der Waals surface area contributed by atoms with Crippen LogP contribution < -0.4 is 10.6 Å². The van der Waals surface area contributed by atoms with Gasteiger partial charge in [-0.1, -0.05) is 66.7 Å². The lowest BCUT2D eigenvalue weighted by atomic mass is 9.77. The Labute approximate surface area is 154 Å². The number of carbonyl (C=O) groups excluding carboxylic acids is 1. The molecule has 2 aromatic rings. The molecule has 0 bridgehead atoms. The number of nitrogens with one attached hydrogen (secondary N) is 2. The fourth-order valence-electron chi connectivity index (χ4n) is 3.55. The number of aliphatic hydroxyl groups is 1. The average Bonchev–Trinajstić information content (AvgIpc) is 2.64. The van der Waals surface area contributed by atoms with Crippen LogP contribution in [0, 0.1) is 0 Å². The molecule has 1 fully saturated rings. The summed E-state index contributed by atoms with van der Waals surface area (Å²) in [5.41, 5.74) is 3.37. The van der Waals surface area contributed by atoms with Crippen LogP contribution >= 0.6 is 0 Å². The maximum atomic E-state index is 12.2. The Morgan fingerprint density at radius 1 is 1.12 bits per heavy atom. The van der Waals surface area contributed by atoms with E-state index in [9.17, 15) is 9.90 Å². The summed E-state index contributed by atoms with van der Waals surface area (Å²) < 4.78 is 0. The molecule has 0 radical (unpaired) electrons. The third-order valence-electron chi connectivity index (χ3n) is 4.90. The van der Waals surface area contributed by atoms with Crippen LogP contribution in [-0.2, 0) is 11.2 Å². The van der Waals surface area contributed by atoms with Crippen molar-refractivity contribution in [3.63, 3.8) is 0 Å². The first-order valence-corrected chi connectivity index (χ1v) is 9.11. The van der Waals surface area contributed by atoms with Gasteiger partial charge >= 0.3 is 0 Å². The van der Waals surface area contributed by atoms with Gasteiger partial charge in [0.15, 0.2) is 0 Å². The van der Waals surface area contributed by atoms with E-state index in [2.05, 4.69) is 41.0 Å². The number of benzene rings is 2. The minimum absolute atomic E-state index is 0.0210. The highest BCUT2D eigenvalue weighted by molar-refractivity contribution is 5.78. The van der Waals surface area contributed by atoms with Gasteiger partial charge in [-0.05, 0) is 23.6 Å². The molecule has 1 saturated heterocycles. The molecule has 0 aromatic heterocycles. The van der Waals surface area contributed by atoms with Crippen LogP contribution in [0.15, 0.2) is 60.7 Å². The first-order valence-electron chi connectivity index (χ1n) is 9.11. The van der Waals surface area contributed by atoms with E-state index in [1.54, 1.807) is 0 Å². The van der Waals surface area contributed by atoms with Crippen LogP contribution in [0.4, 0.5) is 0 Å². The average molecular weight is 350 g/mol. The van der Waals surface area contributed by atoms with Crippen molar-refractivity contribution in [2.24, 2.45) is 0 Å². The molecule has 26 heavy (non-hydrogen) atoms. The molecule has 1 aliphatic rings. The van der Waals surface area contributed by atoms with Crippen LogP contribution in [0.1, 0.15) is 29.5 Å². The second-order valence-electron chi connectivity index (χ2n) is 6.72. The number of hydrogen-bond acceptors (Lipinski definition) is 3. The molecule has 3 atom stereocenters. The number of hydrogen-bond donors (Lipinski definition) is 3. The van der Waals surface area contributed by atoms with E-state index < -0.39 is 0 Å². The minimum Gasteiger partial charge on any atom is -0.395 e. The molecule has 136 valence electrons. The zero-order valence-electron chi connectivity index (χ0n) is 15.1. The Kier molecular flexibility index (Phi) is 6.21. The van der Waals surface area contributed by atoms with Crippen molar-refractivity contribution in [3.8, 4) is 0 Å². The second-order valence-corrected chi connectivity index (χ2v) is 6.72. The second kappa shape index (κ2) is 8.79. The van der Waals surface area contributed by atoms with Gasteiger partial charge in [0.25, 0.3) is 0 Å². The highest BCUT2D eigenvalue weighted by Crippen LogP contribution is 2.32. The summed E-state index contributed by atoms with van der Waals surface area (Å²) in [5, 5.41) is 16.0. The predicted octanol–water partition coefficient (Wildman–Crippen LogP) is 2.49. The smallest absolute Gasteiger partial charge is 0.224 e. The first-order chi connectivity index (χ1) is 12.7. The van der Waals surface area contributed by atoms with Gasteiger partial charge in [-0.2, -0.15) is 0 Å². The molecule has 4 nitrogen and oxygen atoms in total. The minimum atomic E-state index is 0.0210. The van der Waals surface area contributed by atoms with Crippen molar-refractivity contribution < 1.29 is 9.90 Å². The zero-order chi connectivity index (χ0) is 18.4. The summed E-state index contributed by atoms with van der Waals surface area (Å²) in [4.78, 5) is 12.2. The summed E-state index contributed by atoms with van der Waals surface area (Å²) in [7, 11) is 0. The summed E-state index contributed by atoms with van der Waals surface area (Å²) in [6.07, 6.45) is 4.47. The molecule has 3 rings (SSSR count). The largest absolute Gasteiger partial charge is 0.395 e. The molecule has 1 heterocycles. The van der Waals surface area contributed by atoms with Gasteiger partial charge in [-0.15, -0.1) is 0 Å². The SMILES string of the molecule is C/C=C/c1ccc([C@H]2[C@@H](CO)N[C@@H]2CNC(=O)Cc2ccccc2)cc1. The summed E-state index contributed by atoms with van der Waals surface area (Å²) in [5.74, 6) is 0.226. The van der Waals surface area contributed by atoms with Gasteiger partial charge in [0.05, 0.1) is 13.0 Å². The van der Waals surface area contributed by atoms with E-state index in [0.717, 1.165) is 11.1 Å². The molecule has 2 aromatic carbocycles. The van der Waals surface area contributed by atoms with Gasteiger partial charge in [-0.25, -0.2) is 0 Å². The van der Waals surface area contributed by atoms with Gasteiger partial charge in [0.1, 0.15) is 0 Å². The summed E-state index contributed by atoms with van der Waals surface area (Å²) >= 11 is 0. The number of carbonyl (C=O) groups is 1. The highest BCUT2D eigenvalue weighted by atomic mass is 16.3. The third-order valence-corrected chi connectivity index (χ3v) is 4.90. The lowest BCUT2D eigenvalue weighted by Crippen LogP contribution is -2.64. The number of allylic oxidation sites excluding steroid dienone is 1. The number of amides is 1. The van der Waals surface area contributed by atoms with Gasteiger partial charge in [-0.3, -0.25) is 4.79 Å². The Balaban J connectivity index is 1.58. The van der Waals surface area contributed by atoms with E-state index >= 15 is 0 Å². The van der Waals surface area contributed by atoms with Gasteiger partial charge in [0.2, 0.25) is 5.91 Å². The molecule has 4 heteroatoms. The van der Waals surface area contributed by atoms with E-state index in [0.29, 0.717) is 13.0 Å². The Morgan fingerprint density at radius 3 is 2.50 bits per heavy atom. The van der Waals surface area contributed by atoms with Crippen LogP contribution in [0.2, 0.25) is 0 Å². The maximum Gasteiger partial charge on any atom is 0.224 e. The monoisotopic (exact) mass is 350 g/mol. The Bertz CT molecular complexity index is 740. The topological polar surface area (TPSA) is 61.4 Å². The maximum absolute atomic E-state index is 12.2. The standard InChI is InChI=1S/C22H26N2O2/c1-2-6-16-9-11-18(12-10-16)22-19(24-20(22)15-25)14-23-21(26)13-17-7-4-3-5-8-17/h2-12,19-20,22,24-25H,13-15H2,1H3,(H,23,26)/b6-2+/t19-,20-,22-/m1/s1. The first kappa shape index (κ1) is 18.4. The van der Waals surface area contributed by atoms with E-state index in [-0.39, 0.29) is 30.5 Å². The lowest BCUT2D eigenvalue weighted by molar-refractivity contribution is -0.120. The van der Waals surface area contributed by atoms with Crippen LogP contribution in [0.5, 0.6) is 0 Å². The van der Waals surface area contributed by atoms with Crippen LogP contribution in [0.25, 0.3) is 6.08 Å². The Morgan fingerprint density at radius 2 is 1.85 bits per heavy atom. The van der Waals surface area contributed by atoms with Crippen molar-refractivity contribution in [2.75, 3.05) is 13.2 Å². The molecule has 1 amide bonds. The summed E-state index contributed by atoms with van der Waals surface area (Å²) in [6, 6.07) is 18.3. The van der Waals surface area contributed by atoms with Gasteiger partial charge in [0, 0.05) is 24.5 Å². The van der Waals surface area contributed by atoms with E-state index in [1.165, 1.54) is 5.56 Å². The molecule has 0 saturated carbocycles. The normalized spacial score (nSPS) is 22.2.